The van der Waals surface area contributed by atoms with Gasteiger partial charge in [-0.25, -0.2) is 4.98 Å². The Balaban J connectivity index is 2.16. The number of anilines is 1. The van der Waals surface area contributed by atoms with E-state index in [9.17, 15) is 0 Å². The maximum atomic E-state index is 5.86. The molecule has 0 unspecified atom stereocenters. The summed E-state index contributed by atoms with van der Waals surface area (Å²) in [5, 5.41) is 0. The molecule has 2 heterocycles. The number of hydrogen-bond acceptors (Lipinski definition) is 4. The fourth-order valence-electron chi connectivity index (χ4n) is 1.68. The summed E-state index contributed by atoms with van der Waals surface area (Å²) in [6, 6.07) is 4.19. The van der Waals surface area contributed by atoms with Gasteiger partial charge in [0, 0.05) is 36.8 Å². The molecule has 1 aromatic rings. The summed E-state index contributed by atoms with van der Waals surface area (Å²) in [5.41, 5.74) is 7.03. The Morgan fingerprint density at radius 3 is 2.87 bits per heavy atom. The summed E-state index contributed by atoms with van der Waals surface area (Å²) >= 11 is 2.01. The van der Waals surface area contributed by atoms with Crippen molar-refractivity contribution in [1.29, 1.82) is 0 Å². The Morgan fingerprint density at radius 2 is 2.20 bits per heavy atom. The minimum atomic E-state index is 0.0888. The maximum absolute atomic E-state index is 5.86. The topological polar surface area (TPSA) is 42.1 Å². The maximum Gasteiger partial charge on any atom is 0.128 e. The number of aromatic nitrogens is 1. The first kappa shape index (κ1) is 10.8. The van der Waals surface area contributed by atoms with Gasteiger partial charge in [-0.3, -0.25) is 0 Å². The molecule has 0 radical (unpaired) electrons. The van der Waals surface area contributed by atoms with Crippen LogP contribution in [0.1, 0.15) is 18.5 Å². The largest absolute Gasteiger partial charge is 0.355 e. The number of nitrogens with two attached hydrogens (primary N) is 1. The van der Waals surface area contributed by atoms with Crippen molar-refractivity contribution in [3.8, 4) is 0 Å². The average molecular weight is 223 g/mol. The molecule has 0 bridgehead atoms. The number of thioether (sulfide) groups is 1. The molecule has 4 heteroatoms. The van der Waals surface area contributed by atoms with Crippen LogP contribution in [0, 0.1) is 0 Å². The van der Waals surface area contributed by atoms with Gasteiger partial charge in [-0.2, -0.15) is 11.8 Å². The van der Waals surface area contributed by atoms with Crippen LogP contribution in [-0.2, 0) is 0 Å². The summed E-state index contributed by atoms with van der Waals surface area (Å²) in [6.07, 6.45) is 1.86. The lowest BCUT2D eigenvalue weighted by Crippen LogP contribution is -2.33. The molecule has 1 atom stereocenters. The predicted molar refractivity (Wildman–Crippen MR) is 66.4 cm³/mol. The SMILES string of the molecule is C[C@@H](N)c1ccnc(N2CCSCC2)c1. The lowest BCUT2D eigenvalue weighted by atomic mass is 10.1. The first-order chi connectivity index (χ1) is 7.27. The van der Waals surface area contributed by atoms with Gasteiger partial charge in [-0.05, 0) is 24.6 Å². The average Bonchev–Trinajstić information content (AvgIpc) is 2.30. The molecule has 3 nitrogen and oxygen atoms in total. The van der Waals surface area contributed by atoms with Crippen molar-refractivity contribution < 1.29 is 0 Å². The summed E-state index contributed by atoms with van der Waals surface area (Å²) in [7, 11) is 0. The highest BCUT2D eigenvalue weighted by Gasteiger charge is 2.12. The Bertz CT molecular complexity index is 321. The van der Waals surface area contributed by atoms with Gasteiger partial charge >= 0.3 is 0 Å². The zero-order valence-corrected chi connectivity index (χ0v) is 9.83. The smallest absolute Gasteiger partial charge is 0.128 e. The molecule has 1 fully saturated rings. The van der Waals surface area contributed by atoms with Crippen molar-refractivity contribution >= 4 is 17.6 Å². The van der Waals surface area contributed by atoms with Gasteiger partial charge in [0.1, 0.15) is 5.82 Å². The van der Waals surface area contributed by atoms with Crippen LogP contribution >= 0.6 is 11.8 Å². The molecule has 1 saturated heterocycles. The van der Waals surface area contributed by atoms with Gasteiger partial charge in [0.05, 0.1) is 0 Å². The second-order valence-electron chi connectivity index (χ2n) is 3.84. The van der Waals surface area contributed by atoms with Crippen LogP contribution in [0.4, 0.5) is 5.82 Å². The standard InChI is InChI=1S/C11H17N3S/c1-9(12)10-2-3-13-11(8-10)14-4-6-15-7-5-14/h2-3,8-9H,4-7,12H2,1H3/t9-/m1/s1. The van der Waals surface area contributed by atoms with Gasteiger partial charge in [0.15, 0.2) is 0 Å². The lowest BCUT2D eigenvalue weighted by molar-refractivity contribution is 0.800. The van der Waals surface area contributed by atoms with E-state index in [1.807, 2.05) is 30.9 Å². The Labute approximate surface area is 95.1 Å². The summed E-state index contributed by atoms with van der Waals surface area (Å²) < 4.78 is 0. The number of hydrogen-bond donors (Lipinski definition) is 1. The number of rotatable bonds is 2. The second kappa shape index (κ2) is 4.86. The van der Waals surface area contributed by atoms with E-state index in [1.54, 1.807) is 0 Å². The molecule has 0 aliphatic carbocycles. The van der Waals surface area contributed by atoms with E-state index in [4.69, 9.17) is 5.73 Å². The molecule has 0 saturated carbocycles. The van der Waals surface area contributed by atoms with Crippen molar-refractivity contribution in [2.45, 2.75) is 13.0 Å². The van der Waals surface area contributed by atoms with Crippen molar-refractivity contribution in [2.24, 2.45) is 5.73 Å². The summed E-state index contributed by atoms with van der Waals surface area (Å²) in [5.74, 6) is 3.47. The molecule has 15 heavy (non-hydrogen) atoms. The van der Waals surface area contributed by atoms with Crippen LogP contribution in [-0.4, -0.2) is 29.6 Å². The van der Waals surface area contributed by atoms with Crippen LogP contribution in [0.2, 0.25) is 0 Å². The third-order valence-electron chi connectivity index (χ3n) is 2.63. The van der Waals surface area contributed by atoms with Crippen molar-refractivity contribution in [1.82, 2.24) is 4.98 Å². The molecular formula is C11H17N3S. The second-order valence-corrected chi connectivity index (χ2v) is 5.06. The van der Waals surface area contributed by atoms with E-state index in [2.05, 4.69) is 16.0 Å². The van der Waals surface area contributed by atoms with Gasteiger partial charge in [0.2, 0.25) is 0 Å². The monoisotopic (exact) mass is 223 g/mol. The first-order valence-electron chi connectivity index (χ1n) is 5.31. The summed E-state index contributed by atoms with van der Waals surface area (Å²) in [4.78, 5) is 6.74. The molecule has 1 aromatic heterocycles. The van der Waals surface area contributed by atoms with Crippen molar-refractivity contribution in [2.75, 3.05) is 29.5 Å². The van der Waals surface area contributed by atoms with E-state index in [-0.39, 0.29) is 6.04 Å². The van der Waals surface area contributed by atoms with E-state index in [0.717, 1.165) is 18.9 Å². The van der Waals surface area contributed by atoms with E-state index in [0.29, 0.717) is 0 Å². The normalized spacial score (nSPS) is 18.9. The van der Waals surface area contributed by atoms with Gasteiger partial charge in [-0.15, -0.1) is 0 Å². The Hall–Kier alpha value is -0.740. The highest BCUT2D eigenvalue weighted by molar-refractivity contribution is 7.99. The van der Waals surface area contributed by atoms with Crippen LogP contribution in [0.5, 0.6) is 0 Å². The van der Waals surface area contributed by atoms with E-state index >= 15 is 0 Å². The molecule has 1 aliphatic rings. The minimum Gasteiger partial charge on any atom is -0.355 e. The highest BCUT2D eigenvalue weighted by Crippen LogP contribution is 2.19. The zero-order valence-electron chi connectivity index (χ0n) is 9.02. The van der Waals surface area contributed by atoms with E-state index < -0.39 is 0 Å². The van der Waals surface area contributed by atoms with Crippen LogP contribution in [0.3, 0.4) is 0 Å². The molecule has 2 N–H and O–H groups in total. The Morgan fingerprint density at radius 1 is 1.47 bits per heavy atom. The number of nitrogens with zero attached hydrogens (tertiary/aromatic N) is 2. The Kier molecular flexibility index (Phi) is 3.49. The minimum absolute atomic E-state index is 0.0888. The number of pyridine rings is 1. The quantitative estimate of drug-likeness (QED) is 0.828. The molecular weight excluding hydrogens is 206 g/mol. The molecule has 0 amide bonds. The van der Waals surface area contributed by atoms with Crippen LogP contribution < -0.4 is 10.6 Å². The molecule has 0 aromatic carbocycles. The van der Waals surface area contributed by atoms with Crippen LogP contribution in [0.15, 0.2) is 18.3 Å². The molecule has 1 aliphatic heterocycles. The third-order valence-corrected chi connectivity index (χ3v) is 3.57. The summed E-state index contributed by atoms with van der Waals surface area (Å²) in [6.45, 7) is 4.20. The van der Waals surface area contributed by atoms with Gasteiger partial charge in [-0.1, -0.05) is 0 Å². The fourth-order valence-corrected chi connectivity index (χ4v) is 2.59. The zero-order chi connectivity index (χ0) is 10.7. The van der Waals surface area contributed by atoms with Gasteiger partial charge in [0.25, 0.3) is 0 Å². The third kappa shape index (κ3) is 2.63. The fraction of sp³-hybridized carbons (Fsp3) is 0.545. The molecule has 2 rings (SSSR count). The van der Waals surface area contributed by atoms with Crippen LogP contribution in [0.25, 0.3) is 0 Å². The van der Waals surface area contributed by atoms with Gasteiger partial charge < -0.3 is 10.6 Å². The molecule has 0 spiro atoms. The van der Waals surface area contributed by atoms with Crippen molar-refractivity contribution in [3.63, 3.8) is 0 Å². The predicted octanol–water partition coefficient (Wildman–Crippen LogP) is 1.65. The lowest BCUT2D eigenvalue weighted by Gasteiger charge is -2.27. The highest BCUT2D eigenvalue weighted by atomic mass is 32.2. The first-order valence-corrected chi connectivity index (χ1v) is 6.47. The molecule has 82 valence electrons. The van der Waals surface area contributed by atoms with Crippen molar-refractivity contribution in [3.05, 3.63) is 23.9 Å². The van der Waals surface area contributed by atoms with E-state index in [1.165, 1.54) is 17.1 Å².